The second-order valence-electron chi connectivity index (χ2n) is 6.20. The summed E-state index contributed by atoms with van der Waals surface area (Å²) >= 11 is 2.60. The number of hydrogen-bond donors (Lipinski definition) is 1. The molecule has 0 saturated carbocycles. The number of aliphatic hydroxyl groups is 1. The summed E-state index contributed by atoms with van der Waals surface area (Å²) in [6, 6.07) is 9.18. The highest BCUT2D eigenvalue weighted by Gasteiger charge is 2.46. The number of aliphatic hydroxyl groups excluding tert-OH is 1. The Bertz CT molecular complexity index is 1110. The fraction of sp³-hybridized carbons (Fsp3) is 0.200. The number of rotatable bonds is 7. The summed E-state index contributed by atoms with van der Waals surface area (Å²) in [7, 11) is 0. The molecule has 0 spiro atoms. The lowest BCUT2D eigenvalue weighted by Crippen LogP contribution is -2.31. The predicted molar refractivity (Wildman–Crippen MR) is 112 cm³/mol. The van der Waals surface area contributed by atoms with E-state index in [0.29, 0.717) is 22.3 Å². The molecule has 0 saturated heterocycles. The van der Waals surface area contributed by atoms with Crippen molar-refractivity contribution in [1.82, 2.24) is 10.2 Å². The smallest absolute Gasteiger partial charge is 0.296 e. The molecule has 1 N–H and O–H groups in total. The average Bonchev–Trinajstić information content (AvgIpc) is 3.49. The number of benzene rings is 1. The first-order valence-corrected chi connectivity index (χ1v) is 11.0. The Morgan fingerprint density at radius 1 is 1.30 bits per heavy atom. The summed E-state index contributed by atoms with van der Waals surface area (Å²) in [5, 5.41) is 19.1. The van der Waals surface area contributed by atoms with Gasteiger partial charge in [0.15, 0.2) is 15.9 Å². The van der Waals surface area contributed by atoms with Crippen LogP contribution in [0.1, 0.15) is 29.1 Å². The van der Waals surface area contributed by atoms with Gasteiger partial charge in [-0.1, -0.05) is 35.2 Å². The van der Waals surface area contributed by atoms with E-state index < -0.39 is 23.5 Å². The van der Waals surface area contributed by atoms with Crippen molar-refractivity contribution in [2.45, 2.75) is 17.3 Å². The Morgan fingerprint density at radius 3 is 2.67 bits per heavy atom. The Kier molecular flexibility index (Phi) is 5.60. The maximum atomic E-state index is 13.1. The third-order valence-electron chi connectivity index (χ3n) is 4.48. The fourth-order valence-corrected chi connectivity index (χ4v) is 4.47. The quantitative estimate of drug-likeness (QED) is 0.331. The van der Waals surface area contributed by atoms with Gasteiger partial charge in [0.05, 0.1) is 24.5 Å². The normalized spacial score (nSPS) is 16.4. The van der Waals surface area contributed by atoms with Crippen LogP contribution in [0.5, 0.6) is 5.75 Å². The minimum absolute atomic E-state index is 0.0317. The molecule has 1 aliphatic heterocycles. The van der Waals surface area contributed by atoms with E-state index in [1.807, 2.05) is 13.2 Å². The van der Waals surface area contributed by atoms with Crippen LogP contribution in [0.25, 0.3) is 0 Å². The number of ether oxygens (including phenoxy) is 1. The van der Waals surface area contributed by atoms with Gasteiger partial charge in [-0.05, 0) is 43.0 Å². The van der Waals surface area contributed by atoms with E-state index in [0.717, 1.165) is 0 Å². The van der Waals surface area contributed by atoms with Crippen LogP contribution in [0.3, 0.4) is 0 Å². The number of anilines is 1. The van der Waals surface area contributed by atoms with Crippen LogP contribution >= 0.6 is 23.1 Å². The minimum atomic E-state index is -0.881. The number of amides is 1. The number of aromatic nitrogens is 2. The van der Waals surface area contributed by atoms with Crippen LogP contribution in [0.15, 0.2) is 62.8 Å². The van der Waals surface area contributed by atoms with Crippen LogP contribution in [-0.4, -0.2) is 39.9 Å². The first-order valence-electron chi connectivity index (χ1n) is 9.00. The van der Waals surface area contributed by atoms with E-state index in [4.69, 9.17) is 9.15 Å². The van der Waals surface area contributed by atoms with E-state index >= 15 is 0 Å². The number of carbonyl (C=O) groups is 2. The zero-order valence-corrected chi connectivity index (χ0v) is 17.7. The second kappa shape index (κ2) is 8.33. The first kappa shape index (κ1) is 20.2. The van der Waals surface area contributed by atoms with Gasteiger partial charge in [0.2, 0.25) is 10.9 Å². The van der Waals surface area contributed by atoms with Gasteiger partial charge in [0.25, 0.3) is 5.91 Å². The van der Waals surface area contributed by atoms with Gasteiger partial charge in [-0.25, -0.2) is 0 Å². The highest BCUT2D eigenvalue weighted by atomic mass is 32.2. The molecule has 8 nitrogen and oxygen atoms in total. The maximum absolute atomic E-state index is 13.1. The van der Waals surface area contributed by atoms with Gasteiger partial charge in [-0.15, -0.1) is 10.2 Å². The largest absolute Gasteiger partial charge is 0.503 e. The molecule has 3 heterocycles. The van der Waals surface area contributed by atoms with Crippen molar-refractivity contribution in [2.75, 3.05) is 17.8 Å². The molecule has 0 bridgehead atoms. The number of ketones is 1. The molecule has 30 heavy (non-hydrogen) atoms. The van der Waals surface area contributed by atoms with Crippen molar-refractivity contribution >= 4 is 39.9 Å². The van der Waals surface area contributed by atoms with Gasteiger partial charge in [-0.2, -0.15) is 0 Å². The topological polar surface area (TPSA) is 106 Å². The summed E-state index contributed by atoms with van der Waals surface area (Å²) in [5.41, 5.74) is 0.548. The molecule has 2 aromatic heterocycles. The lowest BCUT2D eigenvalue weighted by molar-refractivity contribution is -0.117. The van der Waals surface area contributed by atoms with Crippen LogP contribution in [0.4, 0.5) is 5.13 Å². The molecule has 154 valence electrons. The lowest BCUT2D eigenvalue weighted by atomic mass is 9.95. The van der Waals surface area contributed by atoms with Crippen LogP contribution in [0.2, 0.25) is 0 Å². The Hall–Kier alpha value is -3.11. The molecule has 0 aliphatic carbocycles. The Labute approximate surface area is 180 Å². The van der Waals surface area contributed by atoms with E-state index in [2.05, 4.69) is 10.2 Å². The maximum Gasteiger partial charge on any atom is 0.296 e. The lowest BCUT2D eigenvalue weighted by Gasteiger charge is -2.24. The summed E-state index contributed by atoms with van der Waals surface area (Å²) < 4.78 is 11.4. The molecule has 0 unspecified atom stereocenters. The summed E-state index contributed by atoms with van der Waals surface area (Å²) in [6.07, 6.45) is 3.21. The summed E-state index contributed by atoms with van der Waals surface area (Å²) in [6.45, 7) is 2.39. The van der Waals surface area contributed by atoms with E-state index in [1.165, 1.54) is 40.3 Å². The Morgan fingerprint density at radius 2 is 2.07 bits per heavy atom. The zero-order chi connectivity index (χ0) is 21.3. The van der Waals surface area contributed by atoms with Gasteiger partial charge >= 0.3 is 0 Å². The standard InChI is InChI=1S/C20H17N3O5S2/c1-3-27-12-8-6-11(7-9-12)15-14(16(24)13-5-4-10-28-13)17(25)18(26)23(15)19-21-22-20(29-2)30-19/h4-10,15,25H,3H2,1-2H3/t15-/m0/s1. The predicted octanol–water partition coefficient (Wildman–Crippen LogP) is 4.03. The van der Waals surface area contributed by atoms with Gasteiger partial charge in [0.1, 0.15) is 5.75 Å². The molecule has 1 aliphatic rings. The second-order valence-corrected chi connectivity index (χ2v) is 8.21. The van der Waals surface area contributed by atoms with Gasteiger partial charge in [0, 0.05) is 0 Å². The van der Waals surface area contributed by atoms with Gasteiger partial charge in [-0.3, -0.25) is 14.5 Å². The molecule has 0 fully saturated rings. The molecule has 1 amide bonds. The van der Waals surface area contributed by atoms with Crippen LogP contribution in [-0.2, 0) is 4.79 Å². The van der Waals surface area contributed by atoms with Crippen molar-refractivity contribution < 1.29 is 23.8 Å². The van der Waals surface area contributed by atoms with E-state index in [1.54, 1.807) is 30.3 Å². The molecule has 0 radical (unpaired) electrons. The molecule has 4 rings (SSSR count). The molecule has 1 atom stereocenters. The molecular formula is C20H17N3O5S2. The van der Waals surface area contributed by atoms with Crippen LogP contribution in [0, 0.1) is 0 Å². The highest BCUT2D eigenvalue weighted by Crippen LogP contribution is 2.43. The number of Topliss-reactive ketones (excluding diaryl/α,β-unsaturated/α-hetero) is 1. The molecule has 1 aromatic carbocycles. The van der Waals surface area contributed by atoms with Crippen molar-refractivity contribution in [3.8, 4) is 5.75 Å². The number of nitrogens with zero attached hydrogens (tertiary/aromatic N) is 3. The van der Waals surface area contributed by atoms with Crippen molar-refractivity contribution in [1.29, 1.82) is 0 Å². The first-order chi connectivity index (χ1) is 14.5. The minimum Gasteiger partial charge on any atom is -0.503 e. The molecule has 10 heteroatoms. The highest BCUT2D eigenvalue weighted by molar-refractivity contribution is 8.00. The molecule has 3 aromatic rings. The summed E-state index contributed by atoms with van der Waals surface area (Å²) in [5.74, 6) is -1.22. The average molecular weight is 444 g/mol. The summed E-state index contributed by atoms with van der Waals surface area (Å²) in [4.78, 5) is 27.4. The third-order valence-corrected chi connectivity index (χ3v) is 6.38. The van der Waals surface area contributed by atoms with Gasteiger partial charge < -0.3 is 14.3 Å². The van der Waals surface area contributed by atoms with Crippen molar-refractivity contribution in [3.63, 3.8) is 0 Å². The number of furan rings is 1. The SMILES string of the molecule is CCOc1ccc([C@H]2C(C(=O)c3ccco3)=C(O)C(=O)N2c2nnc(SC)s2)cc1. The monoisotopic (exact) mass is 443 g/mol. The van der Waals surface area contributed by atoms with E-state index in [9.17, 15) is 14.7 Å². The zero-order valence-electron chi connectivity index (χ0n) is 16.1. The number of hydrogen-bond acceptors (Lipinski definition) is 9. The molecular weight excluding hydrogens is 426 g/mol. The number of carbonyl (C=O) groups excluding carboxylic acids is 2. The third kappa shape index (κ3) is 3.48. The fourth-order valence-electron chi connectivity index (χ4n) is 3.19. The van der Waals surface area contributed by atoms with Crippen molar-refractivity contribution in [2.24, 2.45) is 0 Å². The Balaban J connectivity index is 1.82. The number of thioether (sulfide) groups is 1. The van der Waals surface area contributed by atoms with Crippen LogP contribution < -0.4 is 9.64 Å². The van der Waals surface area contributed by atoms with E-state index in [-0.39, 0.29) is 16.5 Å². The van der Waals surface area contributed by atoms with Crippen molar-refractivity contribution in [3.05, 3.63) is 65.3 Å².